The normalized spacial score (nSPS) is 15.4. The summed E-state index contributed by atoms with van der Waals surface area (Å²) in [6.45, 7) is 5.68. The summed E-state index contributed by atoms with van der Waals surface area (Å²) in [5, 5.41) is 2.69. The summed E-state index contributed by atoms with van der Waals surface area (Å²) in [6.07, 6.45) is 7.85. The molecule has 4 rings (SSSR count). The van der Waals surface area contributed by atoms with Crippen LogP contribution in [0.4, 0.5) is 0 Å². The van der Waals surface area contributed by atoms with Crippen LogP contribution in [-0.2, 0) is 6.42 Å². The van der Waals surface area contributed by atoms with E-state index in [1.54, 1.807) is 0 Å². The summed E-state index contributed by atoms with van der Waals surface area (Å²) < 4.78 is 0. The van der Waals surface area contributed by atoms with Crippen LogP contribution in [0.5, 0.6) is 0 Å². The van der Waals surface area contributed by atoms with Gasteiger partial charge < -0.3 is 4.90 Å². The minimum Gasteiger partial charge on any atom is -0.303 e. The van der Waals surface area contributed by atoms with Gasteiger partial charge in [-0.15, -0.1) is 0 Å². The molecule has 1 fully saturated rings. The highest BCUT2D eigenvalue weighted by atomic mass is 16.1. The van der Waals surface area contributed by atoms with Gasteiger partial charge in [0.1, 0.15) is 0 Å². The molecule has 0 N–H and O–H groups in total. The molecule has 0 atom stereocenters. The quantitative estimate of drug-likeness (QED) is 0.282. The van der Waals surface area contributed by atoms with Crippen LogP contribution >= 0.6 is 0 Å². The number of carbonyl (C=O) groups excluding carboxylic acids is 1. The maximum atomic E-state index is 12.3. The third-order valence-electron chi connectivity index (χ3n) is 6.80. The van der Waals surface area contributed by atoms with E-state index in [-0.39, 0.29) is 5.78 Å². The highest BCUT2D eigenvalue weighted by Crippen LogP contribution is 2.24. The molecule has 0 amide bonds. The van der Waals surface area contributed by atoms with Crippen molar-refractivity contribution in [2.45, 2.75) is 51.9 Å². The van der Waals surface area contributed by atoms with Gasteiger partial charge in [0, 0.05) is 12.0 Å². The third-order valence-corrected chi connectivity index (χ3v) is 6.80. The zero-order chi connectivity index (χ0) is 21.5. The van der Waals surface area contributed by atoms with Crippen molar-refractivity contribution in [1.82, 2.24) is 4.90 Å². The number of piperidine rings is 1. The van der Waals surface area contributed by atoms with Gasteiger partial charge in [-0.25, -0.2) is 0 Å². The average molecular weight is 414 g/mol. The van der Waals surface area contributed by atoms with Gasteiger partial charge in [-0.2, -0.15) is 0 Å². The van der Waals surface area contributed by atoms with Crippen LogP contribution in [0, 0.1) is 12.8 Å². The number of hydrogen-bond donors (Lipinski definition) is 0. The van der Waals surface area contributed by atoms with Gasteiger partial charge in [0.15, 0.2) is 5.78 Å². The van der Waals surface area contributed by atoms with E-state index < -0.39 is 0 Å². The van der Waals surface area contributed by atoms with Crippen LogP contribution in [0.3, 0.4) is 0 Å². The Bertz CT molecular complexity index is 983. The molecule has 2 nitrogen and oxygen atoms in total. The zero-order valence-corrected chi connectivity index (χ0v) is 18.9. The van der Waals surface area contributed by atoms with Crippen LogP contribution in [0.15, 0.2) is 66.7 Å². The Labute approximate surface area is 187 Å². The molecule has 0 bridgehead atoms. The Balaban J connectivity index is 1.12. The minimum absolute atomic E-state index is 0.287. The molecule has 3 aromatic carbocycles. The average Bonchev–Trinajstić information content (AvgIpc) is 2.80. The van der Waals surface area contributed by atoms with Crippen molar-refractivity contribution >= 4 is 16.6 Å². The Kier molecular flexibility index (Phi) is 7.53. The number of hydrogen-bond acceptors (Lipinski definition) is 2. The van der Waals surface area contributed by atoms with E-state index in [0.29, 0.717) is 6.42 Å². The molecule has 0 spiro atoms. The first-order valence-corrected chi connectivity index (χ1v) is 12.0. The molecule has 2 heteroatoms. The van der Waals surface area contributed by atoms with Crippen molar-refractivity contribution in [2.24, 2.45) is 5.92 Å². The summed E-state index contributed by atoms with van der Waals surface area (Å²) in [6, 6.07) is 23.6. The number of rotatable bonds is 9. The lowest BCUT2D eigenvalue weighted by molar-refractivity contribution is 0.0978. The van der Waals surface area contributed by atoms with Gasteiger partial charge in [0.2, 0.25) is 0 Å². The largest absolute Gasteiger partial charge is 0.303 e. The fourth-order valence-electron chi connectivity index (χ4n) is 4.79. The molecular weight excluding hydrogens is 378 g/mol. The molecule has 0 radical (unpaired) electrons. The number of fused-ring (bicyclic) bond motifs is 1. The third kappa shape index (κ3) is 6.27. The maximum Gasteiger partial charge on any atom is 0.162 e. The number of Topliss-reactive ketones (excluding diaryl/α,β-unsaturated/α-hetero) is 1. The second-order valence-electron chi connectivity index (χ2n) is 9.27. The first kappa shape index (κ1) is 21.8. The van der Waals surface area contributed by atoms with E-state index in [2.05, 4.69) is 54.3 Å². The highest BCUT2D eigenvalue weighted by molar-refractivity contribution is 5.96. The molecule has 0 aliphatic carbocycles. The molecule has 1 aliphatic rings. The molecule has 31 heavy (non-hydrogen) atoms. The minimum atomic E-state index is 0.287. The molecule has 0 unspecified atom stereocenters. The van der Waals surface area contributed by atoms with Crippen molar-refractivity contribution < 1.29 is 4.79 Å². The predicted octanol–water partition coefficient (Wildman–Crippen LogP) is 6.85. The second-order valence-corrected chi connectivity index (χ2v) is 9.27. The van der Waals surface area contributed by atoms with Crippen LogP contribution in [0.25, 0.3) is 10.8 Å². The van der Waals surface area contributed by atoms with Gasteiger partial charge in [0.05, 0.1) is 0 Å². The molecule has 162 valence electrons. The smallest absolute Gasteiger partial charge is 0.162 e. The summed E-state index contributed by atoms with van der Waals surface area (Å²) >= 11 is 0. The second kappa shape index (κ2) is 10.7. The van der Waals surface area contributed by atoms with E-state index >= 15 is 0 Å². The summed E-state index contributed by atoms with van der Waals surface area (Å²) in [4.78, 5) is 14.9. The predicted molar refractivity (Wildman–Crippen MR) is 131 cm³/mol. The first-order valence-electron chi connectivity index (χ1n) is 12.0. The van der Waals surface area contributed by atoms with E-state index in [0.717, 1.165) is 24.3 Å². The molecule has 0 aromatic heterocycles. The van der Waals surface area contributed by atoms with Crippen LogP contribution in [0.2, 0.25) is 0 Å². The molecule has 1 aliphatic heterocycles. The lowest BCUT2D eigenvalue weighted by Crippen LogP contribution is -2.35. The van der Waals surface area contributed by atoms with Gasteiger partial charge in [-0.1, -0.05) is 78.7 Å². The lowest BCUT2D eigenvalue weighted by atomic mass is 9.89. The van der Waals surface area contributed by atoms with Gasteiger partial charge in [-0.05, 0) is 80.9 Å². The van der Waals surface area contributed by atoms with E-state index in [9.17, 15) is 4.79 Å². The fraction of sp³-hybridized carbons (Fsp3) is 0.414. The number of aryl methyl sites for hydroxylation is 1. The van der Waals surface area contributed by atoms with E-state index in [1.807, 2.05) is 24.3 Å². The zero-order valence-electron chi connectivity index (χ0n) is 18.9. The molecule has 0 saturated carbocycles. The Morgan fingerprint density at radius 1 is 0.871 bits per heavy atom. The number of ketones is 1. The van der Waals surface area contributed by atoms with Crippen LogP contribution in [-0.4, -0.2) is 30.3 Å². The van der Waals surface area contributed by atoms with Crippen molar-refractivity contribution in [3.63, 3.8) is 0 Å². The van der Waals surface area contributed by atoms with Gasteiger partial charge in [0.25, 0.3) is 0 Å². The van der Waals surface area contributed by atoms with Crippen LogP contribution < -0.4 is 0 Å². The van der Waals surface area contributed by atoms with Crippen LogP contribution in [0.1, 0.15) is 60.0 Å². The number of nitrogens with zero attached hydrogens (tertiary/aromatic N) is 1. The number of benzene rings is 3. The van der Waals surface area contributed by atoms with Crippen molar-refractivity contribution in [3.8, 4) is 0 Å². The van der Waals surface area contributed by atoms with Crippen molar-refractivity contribution in [2.75, 3.05) is 19.6 Å². The fourth-order valence-corrected chi connectivity index (χ4v) is 4.79. The molecular formula is C29H35NO. The number of unbranched alkanes of at least 4 members (excludes halogenated alkanes) is 2. The summed E-state index contributed by atoms with van der Waals surface area (Å²) in [7, 11) is 0. The molecule has 1 saturated heterocycles. The van der Waals surface area contributed by atoms with Crippen molar-refractivity contribution in [3.05, 3.63) is 83.4 Å². The standard InChI is InChI=1S/C29H35NO/c1-23-10-13-27(14-11-23)29(31)9-3-2-6-18-30-19-16-24(17-20-30)21-25-12-15-26-7-4-5-8-28(26)22-25/h4-5,7-8,10-15,22,24H,2-3,6,9,16-21H2,1H3. The Morgan fingerprint density at radius 3 is 2.39 bits per heavy atom. The molecule has 1 heterocycles. The highest BCUT2D eigenvalue weighted by Gasteiger charge is 2.19. The number of carbonyl (C=O) groups is 1. The van der Waals surface area contributed by atoms with Gasteiger partial charge >= 0.3 is 0 Å². The Morgan fingerprint density at radius 2 is 1.61 bits per heavy atom. The lowest BCUT2D eigenvalue weighted by Gasteiger charge is -2.32. The first-order chi connectivity index (χ1) is 15.2. The number of likely N-dealkylation sites (tertiary alicyclic amines) is 1. The Hall–Kier alpha value is -2.45. The summed E-state index contributed by atoms with van der Waals surface area (Å²) in [5.41, 5.74) is 3.55. The molecule has 3 aromatic rings. The van der Waals surface area contributed by atoms with Crippen molar-refractivity contribution in [1.29, 1.82) is 0 Å². The monoisotopic (exact) mass is 413 g/mol. The topological polar surface area (TPSA) is 20.3 Å². The van der Waals surface area contributed by atoms with E-state index in [1.165, 1.54) is 67.2 Å². The SMILES string of the molecule is Cc1ccc(C(=O)CCCCCN2CCC(Cc3ccc4ccccc4c3)CC2)cc1. The maximum absolute atomic E-state index is 12.3. The van der Waals surface area contributed by atoms with Gasteiger partial charge in [-0.3, -0.25) is 4.79 Å². The van der Waals surface area contributed by atoms with E-state index in [4.69, 9.17) is 0 Å². The summed E-state index contributed by atoms with van der Waals surface area (Å²) in [5.74, 6) is 1.10.